The summed E-state index contributed by atoms with van der Waals surface area (Å²) in [5.74, 6) is 0. The topological polar surface area (TPSA) is 64.3 Å². The molecule has 228 valence electrons. The van der Waals surface area contributed by atoms with Gasteiger partial charge in [0.05, 0.1) is 22.2 Å². The maximum atomic E-state index is 6.84. The van der Waals surface area contributed by atoms with Crippen molar-refractivity contribution in [3.63, 3.8) is 0 Å². The van der Waals surface area contributed by atoms with Crippen molar-refractivity contribution in [2.24, 2.45) is 0 Å². The molecule has 0 bridgehead atoms. The number of hydrogen-bond acceptors (Lipinski definition) is 4. The van der Waals surface area contributed by atoms with Gasteiger partial charge in [-0.05, 0) is 82.3 Å². The predicted molar refractivity (Wildman–Crippen MR) is 199 cm³/mol. The summed E-state index contributed by atoms with van der Waals surface area (Å²) in [6.07, 6.45) is 8.36. The van der Waals surface area contributed by atoms with Crippen LogP contribution in [0, 0.1) is 0 Å². The van der Waals surface area contributed by atoms with Crippen LogP contribution in [-0.4, -0.2) is 0 Å². The Balaban J connectivity index is 1.43. The molecule has 48 heavy (non-hydrogen) atoms. The van der Waals surface area contributed by atoms with Crippen molar-refractivity contribution in [1.29, 1.82) is 0 Å². The lowest BCUT2D eigenvalue weighted by Crippen LogP contribution is -2.30. The number of anilines is 2. The number of nitrogens with one attached hydrogen (secondary N) is 1. The third-order valence-electron chi connectivity index (χ3n) is 10.4. The number of nitrogen functional groups attached to an aromatic ring is 1. The highest BCUT2D eigenvalue weighted by atomic mass is 16.3. The molecule has 0 atom stereocenters. The number of para-hydroxylation sites is 2. The summed E-state index contributed by atoms with van der Waals surface area (Å²) in [6, 6.07) is 38.8. The van der Waals surface area contributed by atoms with E-state index in [0.29, 0.717) is 5.69 Å². The van der Waals surface area contributed by atoms with E-state index in [4.69, 9.17) is 14.6 Å². The first-order valence-electron chi connectivity index (χ1n) is 16.3. The number of benzene rings is 6. The van der Waals surface area contributed by atoms with E-state index in [1.54, 1.807) is 0 Å². The molecule has 0 unspecified atom stereocenters. The first-order valence-corrected chi connectivity index (χ1v) is 16.3. The Morgan fingerprint density at radius 3 is 2.17 bits per heavy atom. The fraction of sp³-hybridized carbons (Fsp3) is 0.0455. The highest BCUT2D eigenvalue weighted by Crippen LogP contribution is 2.60. The van der Waals surface area contributed by atoms with Crippen molar-refractivity contribution in [3.05, 3.63) is 167 Å². The van der Waals surface area contributed by atoms with E-state index in [-0.39, 0.29) is 0 Å². The molecule has 2 aromatic heterocycles. The summed E-state index contributed by atoms with van der Waals surface area (Å²) in [5.41, 5.74) is 20.9. The van der Waals surface area contributed by atoms with Crippen LogP contribution in [0.1, 0.15) is 40.3 Å². The normalized spacial score (nSPS) is 14.3. The van der Waals surface area contributed by atoms with Crippen LogP contribution >= 0.6 is 0 Å². The Morgan fingerprint density at radius 1 is 0.688 bits per heavy atom. The van der Waals surface area contributed by atoms with Gasteiger partial charge in [0, 0.05) is 27.4 Å². The summed E-state index contributed by atoms with van der Waals surface area (Å²) in [4.78, 5) is 0. The first kappa shape index (κ1) is 26.9. The minimum Gasteiger partial charge on any atom is -0.455 e. The van der Waals surface area contributed by atoms with Gasteiger partial charge in [-0.15, -0.1) is 0 Å². The van der Waals surface area contributed by atoms with Gasteiger partial charge in [0.25, 0.3) is 0 Å². The molecule has 0 saturated heterocycles. The molecule has 2 aliphatic carbocycles. The van der Waals surface area contributed by atoms with Crippen LogP contribution in [0.2, 0.25) is 0 Å². The number of nitrogens with two attached hydrogens (primary N) is 1. The first-order chi connectivity index (χ1) is 23.6. The average molecular weight is 619 g/mol. The molecule has 0 aliphatic heterocycles. The highest BCUT2D eigenvalue weighted by molar-refractivity contribution is 6.16. The SMILES string of the molecule is C=C/C(=C\C)Nc1cc2c(c3oc4ccccc4c13)C=Cc1cc3oc4c(N)cccc4c3cc1C21c2ccccc2-c2ccccc21. The molecule has 3 N–H and O–H groups in total. The Labute approximate surface area is 277 Å². The van der Waals surface area contributed by atoms with Crippen molar-refractivity contribution >= 4 is 67.4 Å². The van der Waals surface area contributed by atoms with E-state index < -0.39 is 5.41 Å². The Kier molecular flexibility index (Phi) is 5.40. The van der Waals surface area contributed by atoms with Crippen LogP contribution in [-0.2, 0) is 5.41 Å². The molecule has 2 aliphatic rings. The Morgan fingerprint density at radius 2 is 1.40 bits per heavy atom. The molecule has 0 fully saturated rings. The molecule has 6 aromatic carbocycles. The van der Waals surface area contributed by atoms with Gasteiger partial charge >= 0.3 is 0 Å². The van der Waals surface area contributed by atoms with Crippen LogP contribution in [0.5, 0.6) is 0 Å². The lowest BCUT2D eigenvalue weighted by atomic mass is 9.65. The summed E-state index contributed by atoms with van der Waals surface area (Å²) in [6.45, 7) is 6.12. The van der Waals surface area contributed by atoms with Gasteiger partial charge in [0.15, 0.2) is 5.58 Å². The van der Waals surface area contributed by atoms with Gasteiger partial charge in [0.1, 0.15) is 16.7 Å². The van der Waals surface area contributed by atoms with Gasteiger partial charge in [0.2, 0.25) is 0 Å². The van der Waals surface area contributed by atoms with Gasteiger partial charge in [-0.3, -0.25) is 0 Å². The molecular weight excluding hydrogens is 588 g/mol. The lowest BCUT2D eigenvalue weighted by molar-refractivity contribution is 0.664. The zero-order valence-corrected chi connectivity index (χ0v) is 26.3. The Hall–Kier alpha value is -6.26. The molecular formula is C44H30N2O2. The second-order valence-electron chi connectivity index (χ2n) is 12.7. The highest BCUT2D eigenvalue weighted by Gasteiger charge is 2.49. The van der Waals surface area contributed by atoms with Crippen LogP contribution in [0.25, 0.3) is 67.2 Å². The van der Waals surface area contributed by atoms with E-state index in [1.165, 1.54) is 27.8 Å². The zero-order chi connectivity index (χ0) is 32.1. The quantitative estimate of drug-likeness (QED) is 0.153. The summed E-state index contributed by atoms with van der Waals surface area (Å²) >= 11 is 0. The average Bonchev–Trinajstić information content (AvgIpc) is 3.76. The van der Waals surface area contributed by atoms with E-state index in [2.05, 4.69) is 109 Å². The minimum atomic E-state index is -0.673. The third kappa shape index (κ3) is 3.33. The lowest BCUT2D eigenvalue weighted by Gasteiger charge is -2.35. The summed E-state index contributed by atoms with van der Waals surface area (Å²) in [7, 11) is 0. The second-order valence-corrected chi connectivity index (χ2v) is 12.7. The number of hydrogen-bond donors (Lipinski definition) is 2. The molecule has 4 nitrogen and oxygen atoms in total. The molecule has 0 amide bonds. The van der Waals surface area contributed by atoms with Crippen molar-refractivity contribution in [1.82, 2.24) is 0 Å². The van der Waals surface area contributed by atoms with E-state index in [1.807, 2.05) is 43.3 Å². The number of fused-ring (bicyclic) bond motifs is 16. The van der Waals surface area contributed by atoms with Crippen LogP contribution in [0.4, 0.5) is 11.4 Å². The van der Waals surface area contributed by atoms with Crippen LogP contribution in [0.3, 0.4) is 0 Å². The standard InChI is InChI=1S/C44H30N2O2/c1-3-26(4-2)46-38-24-36-30(43-41(38)31-14-7-10-19-39(31)47-43)21-20-25-22-40-32(29-15-11-18-37(45)42(29)48-40)23-35(25)44(36)33-16-8-5-12-27(33)28-13-6-9-17-34(28)44/h3-24,46H,1,45H2,2H3/b26-4+. The van der Waals surface area contributed by atoms with Crippen LogP contribution < -0.4 is 11.1 Å². The van der Waals surface area contributed by atoms with Gasteiger partial charge in [-0.2, -0.15) is 0 Å². The van der Waals surface area contributed by atoms with Gasteiger partial charge in [-0.1, -0.05) is 104 Å². The maximum Gasteiger partial charge on any atom is 0.158 e. The maximum absolute atomic E-state index is 6.84. The smallest absolute Gasteiger partial charge is 0.158 e. The molecule has 10 rings (SSSR count). The number of rotatable bonds is 3. The molecule has 2 heterocycles. The van der Waals surface area contributed by atoms with E-state index in [0.717, 1.165) is 72.0 Å². The fourth-order valence-electron chi connectivity index (χ4n) is 8.37. The molecule has 8 aromatic rings. The van der Waals surface area contributed by atoms with Crippen LogP contribution in [0.15, 0.2) is 142 Å². The zero-order valence-electron chi connectivity index (χ0n) is 26.3. The van der Waals surface area contributed by atoms with E-state index >= 15 is 0 Å². The fourth-order valence-corrected chi connectivity index (χ4v) is 8.37. The number of allylic oxidation sites excluding steroid dienone is 2. The summed E-state index contributed by atoms with van der Waals surface area (Å²) in [5, 5.41) is 7.90. The van der Waals surface area contributed by atoms with Gasteiger partial charge < -0.3 is 19.9 Å². The Bertz CT molecular complexity index is 2710. The molecule has 1 spiro atoms. The molecule has 0 radical (unpaired) electrons. The van der Waals surface area contributed by atoms with Crippen molar-refractivity contribution in [2.45, 2.75) is 12.3 Å². The van der Waals surface area contributed by atoms with Crippen molar-refractivity contribution in [2.75, 3.05) is 11.1 Å². The van der Waals surface area contributed by atoms with Crippen molar-refractivity contribution < 1.29 is 8.83 Å². The number of furan rings is 2. The molecule has 4 heteroatoms. The summed E-state index contributed by atoms with van der Waals surface area (Å²) < 4.78 is 13.3. The van der Waals surface area contributed by atoms with Crippen molar-refractivity contribution in [3.8, 4) is 11.1 Å². The monoisotopic (exact) mass is 618 g/mol. The molecule has 0 saturated carbocycles. The predicted octanol–water partition coefficient (Wildman–Crippen LogP) is 11.4. The second kappa shape index (κ2) is 9.63. The van der Waals surface area contributed by atoms with Gasteiger partial charge in [-0.25, -0.2) is 0 Å². The largest absolute Gasteiger partial charge is 0.455 e. The third-order valence-corrected chi connectivity index (χ3v) is 10.4. The minimum absolute atomic E-state index is 0.635. The van der Waals surface area contributed by atoms with E-state index in [9.17, 15) is 0 Å².